The van der Waals surface area contributed by atoms with Crippen molar-refractivity contribution >= 4 is 12.1 Å². The minimum atomic E-state index is -0.819. The average Bonchev–Trinajstić information content (AvgIpc) is 2.97. The third-order valence-corrected chi connectivity index (χ3v) is 3.54. The fraction of sp³-hybridized carbons (Fsp3) is 0.857. The highest BCUT2D eigenvalue weighted by atomic mass is 16.6. The van der Waals surface area contributed by atoms with Crippen LogP contribution in [0.4, 0.5) is 4.79 Å². The second kappa shape index (κ2) is 5.60. The Morgan fingerprint density at radius 3 is 2.40 bits per heavy atom. The van der Waals surface area contributed by atoms with Crippen LogP contribution in [0, 0.1) is 0 Å². The molecule has 1 saturated heterocycles. The predicted octanol–water partition coefficient (Wildman–Crippen LogP) is 1.54. The van der Waals surface area contributed by atoms with Gasteiger partial charge in [0, 0.05) is 25.2 Å². The molecule has 1 atom stereocenters. The number of likely N-dealkylation sites (tertiary alicyclic amines) is 1. The number of carboxylic acid groups (broad SMARTS) is 1. The lowest BCUT2D eigenvalue weighted by molar-refractivity contribution is -0.138. The molecule has 1 saturated carbocycles. The van der Waals surface area contributed by atoms with Crippen molar-refractivity contribution in [3.05, 3.63) is 0 Å². The molecule has 1 amide bonds. The Morgan fingerprint density at radius 2 is 1.90 bits per heavy atom. The highest BCUT2D eigenvalue weighted by Crippen LogP contribution is 2.32. The Labute approximate surface area is 119 Å². The normalized spacial score (nSPS) is 23.6. The molecule has 0 aromatic heterocycles. The first-order chi connectivity index (χ1) is 9.26. The van der Waals surface area contributed by atoms with Crippen LogP contribution in [-0.2, 0) is 9.53 Å². The monoisotopic (exact) mass is 284 g/mol. The number of nitrogens with zero attached hydrogens (tertiary/aromatic N) is 2. The Kier molecular flexibility index (Phi) is 4.22. The van der Waals surface area contributed by atoms with Gasteiger partial charge in [-0.2, -0.15) is 0 Å². The van der Waals surface area contributed by atoms with Gasteiger partial charge in [-0.05, 0) is 40.0 Å². The molecule has 20 heavy (non-hydrogen) atoms. The molecule has 2 aliphatic rings. The quantitative estimate of drug-likeness (QED) is 0.848. The van der Waals surface area contributed by atoms with E-state index in [9.17, 15) is 9.59 Å². The molecule has 2 fully saturated rings. The molecule has 0 unspecified atom stereocenters. The van der Waals surface area contributed by atoms with Gasteiger partial charge in [0.2, 0.25) is 0 Å². The Morgan fingerprint density at radius 1 is 1.25 bits per heavy atom. The van der Waals surface area contributed by atoms with Gasteiger partial charge in [0.1, 0.15) is 5.60 Å². The van der Waals surface area contributed by atoms with E-state index in [1.807, 2.05) is 30.6 Å². The van der Waals surface area contributed by atoms with Crippen LogP contribution in [0.5, 0.6) is 0 Å². The van der Waals surface area contributed by atoms with Crippen molar-refractivity contribution < 1.29 is 19.4 Å². The molecule has 1 aliphatic carbocycles. The first kappa shape index (κ1) is 15.1. The van der Waals surface area contributed by atoms with Crippen LogP contribution in [0.3, 0.4) is 0 Å². The zero-order valence-electron chi connectivity index (χ0n) is 12.5. The Bertz CT molecular complexity index is 387. The van der Waals surface area contributed by atoms with E-state index in [2.05, 4.69) is 0 Å². The molecule has 1 N–H and O–H groups in total. The molecule has 0 bridgehead atoms. The Balaban J connectivity index is 1.96. The highest BCUT2D eigenvalue weighted by molar-refractivity contribution is 5.70. The maximum Gasteiger partial charge on any atom is 0.410 e. The van der Waals surface area contributed by atoms with E-state index in [0.29, 0.717) is 6.54 Å². The van der Waals surface area contributed by atoms with E-state index in [-0.39, 0.29) is 24.7 Å². The first-order valence-electron chi connectivity index (χ1n) is 7.22. The van der Waals surface area contributed by atoms with Crippen molar-refractivity contribution in [2.75, 3.05) is 19.6 Å². The van der Waals surface area contributed by atoms with Crippen LogP contribution >= 0.6 is 0 Å². The second-order valence-corrected chi connectivity index (χ2v) is 6.69. The van der Waals surface area contributed by atoms with Crippen molar-refractivity contribution in [1.29, 1.82) is 0 Å². The van der Waals surface area contributed by atoms with E-state index >= 15 is 0 Å². The third kappa shape index (κ3) is 4.10. The summed E-state index contributed by atoms with van der Waals surface area (Å²) in [5, 5.41) is 8.84. The molecule has 6 heteroatoms. The van der Waals surface area contributed by atoms with Crippen LogP contribution < -0.4 is 0 Å². The van der Waals surface area contributed by atoms with Gasteiger partial charge in [-0.25, -0.2) is 4.79 Å². The summed E-state index contributed by atoms with van der Waals surface area (Å²) in [5.41, 5.74) is -0.496. The molecule has 0 aromatic rings. The summed E-state index contributed by atoms with van der Waals surface area (Å²) in [6.07, 6.45) is 2.61. The zero-order valence-corrected chi connectivity index (χ0v) is 12.5. The van der Waals surface area contributed by atoms with E-state index in [1.54, 1.807) is 0 Å². The lowest BCUT2D eigenvalue weighted by Crippen LogP contribution is -2.46. The van der Waals surface area contributed by atoms with Crippen molar-refractivity contribution in [3.63, 3.8) is 0 Å². The summed E-state index contributed by atoms with van der Waals surface area (Å²) in [6, 6.07) is 0.358. The van der Waals surface area contributed by atoms with Gasteiger partial charge in [-0.3, -0.25) is 9.69 Å². The van der Waals surface area contributed by atoms with E-state index < -0.39 is 11.6 Å². The van der Waals surface area contributed by atoms with Crippen LogP contribution in [0.15, 0.2) is 0 Å². The molecule has 2 rings (SSSR count). The fourth-order valence-electron chi connectivity index (χ4n) is 2.64. The first-order valence-corrected chi connectivity index (χ1v) is 7.22. The molecule has 1 heterocycles. The fourth-order valence-corrected chi connectivity index (χ4v) is 2.64. The lowest BCUT2D eigenvalue weighted by Gasteiger charge is -2.31. The summed E-state index contributed by atoms with van der Waals surface area (Å²) in [5.74, 6) is -0.819. The number of hydrogen-bond acceptors (Lipinski definition) is 4. The molecule has 114 valence electrons. The summed E-state index contributed by atoms with van der Waals surface area (Å²) < 4.78 is 5.48. The van der Waals surface area contributed by atoms with Gasteiger partial charge in [-0.1, -0.05) is 0 Å². The predicted molar refractivity (Wildman–Crippen MR) is 73.6 cm³/mol. The minimum Gasteiger partial charge on any atom is -0.480 e. The third-order valence-electron chi connectivity index (χ3n) is 3.54. The molecule has 1 aliphatic heterocycles. The highest BCUT2D eigenvalue weighted by Gasteiger charge is 2.42. The summed E-state index contributed by atoms with van der Waals surface area (Å²) in [6.45, 7) is 6.98. The Hall–Kier alpha value is -1.30. The van der Waals surface area contributed by atoms with Crippen LogP contribution in [0.25, 0.3) is 0 Å². The standard InChI is InChI=1S/C14H24N2O4/c1-14(2,3)20-13(19)16(10-4-5-10)11-6-7-15(8-11)9-12(17)18/h10-11H,4-9H2,1-3H3,(H,17,18)/t11-/m1/s1. The van der Waals surface area contributed by atoms with E-state index in [1.165, 1.54) is 0 Å². The maximum absolute atomic E-state index is 12.3. The second-order valence-electron chi connectivity index (χ2n) is 6.69. The number of ether oxygens (including phenoxy) is 1. The van der Waals surface area contributed by atoms with Gasteiger partial charge in [0.05, 0.1) is 6.54 Å². The maximum atomic E-state index is 12.3. The molecular weight excluding hydrogens is 260 g/mol. The van der Waals surface area contributed by atoms with E-state index in [0.717, 1.165) is 25.8 Å². The SMILES string of the molecule is CC(C)(C)OC(=O)N(C1CC1)[C@@H]1CCN(CC(=O)O)C1. The summed E-state index contributed by atoms with van der Waals surface area (Å²) >= 11 is 0. The lowest BCUT2D eigenvalue weighted by atomic mass is 10.2. The van der Waals surface area contributed by atoms with Gasteiger partial charge >= 0.3 is 12.1 Å². The number of hydrogen-bond donors (Lipinski definition) is 1. The van der Waals surface area contributed by atoms with Gasteiger partial charge in [0.25, 0.3) is 0 Å². The average molecular weight is 284 g/mol. The molecular formula is C14H24N2O4. The van der Waals surface area contributed by atoms with Crippen molar-refractivity contribution in [3.8, 4) is 0 Å². The minimum absolute atomic E-state index is 0.0450. The largest absolute Gasteiger partial charge is 0.480 e. The summed E-state index contributed by atoms with van der Waals surface area (Å²) in [4.78, 5) is 26.8. The van der Waals surface area contributed by atoms with Crippen LogP contribution in [-0.4, -0.2) is 64.3 Å². The van der Waals surface area contributed by atoms with Gasteiger partial charge < -0.3 is 14.7 Å². The van der Waals surface area contributed by atoms with Gasteiger partial charge in [0.15, 0.2) is 0 Å². The smallest absolute Gasteiger partial charge is 0.410 e. The number of aliphatic carboxylic acids is 1. The van der Waals surface area contributed by atoms with E-state index in [4.69, 9.17) is 9.84 Å². The number of carbonyl (C=O) groups is 2. The van der Waals surface area contributed by atoms with Crippen LogP contribution in [0.2, 0.25) is 0 Å². The van der Waals surface area contributed by atoms with Crippen molar-refractivity contribution in [2.24, 2.45) is 0 Å². The number of rotatable bonds is 4. The number of amides is 1. The van der Waals surface area contributed by atoms with Crippen LogP contribution in [0.1, 0.15) is 40.0 Å². The number of carbonyl (C=O) groups excluding carboxylic acids is 1. The zero-order chi connectivity index (χ0) is 14.9. The van der Waals surface area contributed by atoms with Crippen molar-refractivity contribution in [1.82, 2.24) is 9.80 Å². The topological polar surface area (TPSA) is 70.1 Å². The molecule has 6 nitrogen and oxygen atoms in total. The number of carboxylic acids is 1. The van der Waals surface area contributed by atoms with Gasteiger partial charge in [-0.15, -0.1) is 0 Å². The summed E-state index contributed by atoms with van der Waals surface area (Å²) in [7, 11) is 0. The van der Waals surface area contributed by atoms with Crippen molar-refractivity contribution in [2.45, 2.75) is 57.7 Å². The molecule has 0 aromatic carbocycles. The molecule has 0 spiro atoms. The molecule has 0 radical (unpaired) electrons.